The minimum Gasteiger partial charge on any atom is -0.466 e. The summed E-state index contributed by atoms with van der Waals surface area (Å²) in [6, 6.07) is 7.39. The average Bonchev–Trinajstić information content (AvgIpc) is 2.98. The first kappa shape index (κ1) is 18.0. The van der Waals surface area contributed by atoms with Gasteiger partial charge in [-0.1, -0.05) is 29.8 Å². The zero-order valence-corrected chi connectivity index (χ0v) is 15.5. The molecule has 2 heterocycles. The summed E-state index contributed by atoms with van der Waals surface area (Å²) in [4.78, 5) is 30.8. The molecular formula is C18H19ClN2O3S. The van der Waals surface area contributed by atoms with Crippen molar-refractivity contribution in [3.63, 3.8) is 0 Å². The molecule has 0 aromatic heterocycles. The maximum Gasteiger partial charge on any atom is 0.309 e. The van der Waals surface area contributed by atoms with Crippen molar-refractivity contribution in [2.45, 2.75) is 19.8 Å². The van der Waals surface area contributed by atoms with Gasteiger partial charge in [0.1, 0.15) is 0 Å². The molecule has 0 atom stereocenters. The largest absolute Gasteiger partial charge is 0.466 e. The average molecular weight is 379 g/mol. The second-order valence-corrected chi connectivity index (χ2v) is 7.26. The van der Waals surface area contributed by atoms with Crippen molar-refractivity contribution in [1.29, 1.82) is 0 Å². The van der Waals surface area contributed by atoms with E-state index in [9.17, 15) is 9.59 Å². The van der Waals surface area contributed by atoms with Gasteiger partial charge in [-0.2, -0.15) is 4.99 Å². The minimum absolute atomic E-state index is 0.0583. The third-order valence-corrected chi connectivity index (χ3v) is 5.58. The first-order chi connectivity index (χ1) is 12.1. The molecule has 7 heteroatoms. The van der Waals surface area contributed by atoms with Crippen molar-refractivity contribution < 1.29 is 14.3 Å². The van der Waals surface area contributed by atoms with Crippen molar-refractivity contribution in [2.75, 3.05) is 19.7 Å². The Morgan fingerprint density at radius 1 is 1.40 bits per heavy atom. The highest BCUT2D eigenvalue weighted by atomic mass is 35.5. The summed E-state index contributed by atoms with van der Waals surface area (Å²) in [6.45, 7) is 3.62. The lowest BCUT2D eigenvalue weighted by Crippen LogP contribution is -2.39. The Bertz CT molecular complexity index is 740. The molecule has 0 spiro atoms. The SMILES string of the molecule is CCOC(=O)C1CCN(C2=NC(=O)C(=Cc3ccccc3Cl)S2)CC1. The molecule has 0 bridgehead atoms. The molecule has 1 aromatic carbocycles. The van der Waals surface area contributed by atoms with Gasteiger partial charge in [-0.05, 0) is 49.2 Å². The number of rotatable bonds is 3. The van der Waals surface area contributed by atoms with Crippen LogP contribution in [0.2, 0.25) is 5.02 Å². The van der Waals surface area contributed by atoms with Crippen LogP contribution in [0.5, 0.6) is 0 Å². The molecule has 0 saturated carbocycles. The van der Waals surface area contributed by atoms with E-state index < -0.39 is 0 Å². The highest BCUT2D eigenvalue weighted by molar-refractivity contribution is 8.18. The van der Waals surface area contributed by atoms with Crippen molar-refractivity contribution in [2.24, 2.45) is 10.9 Å². The molecule has 132 valence electrons. The van der Waals surface area contributed by atoms with Crippen LogP contribution in [-0.2, 0) is 14.3 Å². The highest BCUT2D eigenvalue weighted by Crippen LogP contribution is 2.33. The van der Waals surface area contributed by atoms with E-state index in [4.69, 9.17) is 16.3 Å². The van der Waals surface area contributed by atoms with Gasteiger partial charge in [-0.25, -0.2) is 0 Å². The fourth-order valence-corrected chi connectivity index (χ4v) is 3.98. The van der Waals surface area contributed by atoms with Crippen LogP contribution in [0, 0.1) is 5.92 Å². The fourth-order valence-electron chi connectivity index (χ4n) is 2.83. The van der Waals surface area contributed by atoms with Crippen LogP contribution in [0.15, 0.2) is 34.2 Å². The van der Waals surface area contributed by atoms with Gasteiger partial charge in [-0.15, -0.1) is 0 Å². The van der Waals surface area contributed by atoms with Crippen molar-refractivity contribution in [1.82, 2.24) is 4.90 Å². The van der Waals surface area contributed by atoms with E-state index >= 15 is 0 Å². The molecule has 25 heavy (non-hydrogen) atoms. The van der Waals surface area contributed by atoms with E-state index in [0.29, 0.717) is 34.8 Å². The zero-order chi connectivity index (χ0) is 17.8. The molecule has 0 radical (unpaired) electrons. The van der Waals surface area contributed by atoms with Crippen LogP contribution in [-0.4, -0.2) is 41.6 Å². The quantitative estimate of drug-likeness (QED) is 0.594. The van der Waals surface area contributed by atoms with E-state index in [-0.39, 0.29) is 17.8 Å². The van der Waals surface area contributed by atoms with E-state index in [1.807, 2.05) is 25.1 Å². The monoisotopic (exact) mass is 378 g/mol. The zero-order valence-electron chi connectivity index (χ0n) is 13.9. The summed E-state index contributed by atoms with van der Waals surface area (Å²) in [5.74, 6) is -0.428. The number of carbonyl (C=O) groups excluding carboxylic acids is 2. The predicted molar refractivity (Wildman–Crippen MR) is 100 cm³/mol. The maximum absolute atomic E-state index is 12.2. The molecule has 0 aliphatic carbocycles. The van der Waals surface area contributed by atoms with Crippen molar-refractivity contribution in [3.05, 3.63) is 39.8 Å². The van der Waals surface area contributed by atoms with Gasteiger partial charge in [0.15, 0.2) is 5.17 Å². The van der Waals surface area contributed by atoms with Gasteiger partial charge in [0, 0.05) is 18.1 Å². The normalized spacial score (nSPS) is 20.1. The second-order valence-electron chi connectivity index (χ2n) is 5.85. The molecule has 0 N–H and O–H groups in total. The third kappa shape index (κ3) is 4.25. The number of thioether (sulfide) groups is 1. The number of aliphatic imine (C=N–C) groups is 1. The van der Waals surface area contributed by atoms with Crippen LogP contribution in [0.4, 0.5) is 0 Å². The van der Waals surface area contributed by atoms with Crippen LogP contribution < -0.4 is 0 Å². The smallest absolute Gasteiger partial charge is 0.309 e. The molecule has 5 nitrogen and oxygen atoms in total. The van der Waals surface area contributed by atoms with Crippen LogP contribution in [0.25, 0.3) is 6.08 Å². The predicted octanol–water partition coefficient (Wildman–Crippen LogP) is 3.59. The molecule has 1 saturated heterocycles. The number of amides is 1. The first-order valence-electron chi connectivity index (χ1n) is 8.27. The number of piperidine rings is 1. The van der Waals surface area contributed by atoms with Gasteiger partial charge < -0.3 is 9.64 Å². The summed E-state index contributed by atoms with van der Waals surface area (Å²) in [5.41, 5.74) is 0.803. The molecule has 1 fully saturated rings. The number of ether oxygens (including phenoxy) is 1. The fraction of sp³-hybridized carbons (Fsp3) is 0.389. The summed E-state index contributed by atoms with van der Waals surface area (Å²) < 4.78 is 5.09. The van der Waals surface area contributed by atoms with E-state index in [1.165, 1.54) is 11.8 Å². The summed E-state index contributed by atoms with van der Waals surface area (Å²) >= 11 is 7.51. The summed E-state index contributed by atoms with van der Waals surface area (Å²) in [6.07, 6.45) is 3.21. The number of likely N-dealkylation sites (tertiary alicyclic amines) is 1. The summed E-state index contributed by atoms with van der Waals surface area (Å²) in [7, 11) is 0. The Hall–Kier alpha value is -1.79. The lowest BCUT2D eigenvalue weighted by atomic mass is 9.97. The summed E-state index contributed by atoms with van der Waals surface area (Å²) in [5, 5.41) is 1.30. The molecule has 0 unspecified atom stereocenters. The van der Waals surface area contributed by atoms with Gasteiger partial charge in [0.05, 0.1) is 17.4 Å². The van der Waals surface area contributed by atoms with Crippen molar-refractivity contribution in [3.8, 4) is 0 Å². The molecular weight excluding hydrogens is 360 g/mol. The maximum atomic E-state index is 12.2. The number of esters is 1. The Kier molecular flexibility index (Phi) is 5.81. The standard InChI is InChI=1S/C18H19ClN2O3S/c1-2-24-17(23)12-7-9-21(10-8-12)18-20-16(22)15(25-18)11-13-5-3-4-6-14(13)19/h3-6,11-12H,2,7-10H2,1H3. The number of nitrogens with zero attached hydrogens (tertiary/aromatic N) is 2. The molecule has 2 aliphatic heterocycles. The number of carbonyl (C=O) groups is 2. The third-order valence-electron chi connectivity index (χ3n) is 4.19. The van der Waals surface area contributed by atoms with Gasteiger partial charge in [0.2, 0.25) is 0 Å². The number of halogens is 1. The Morgan fingerprint density at radius 3 is 2.80 bits per heavy atom. The van der Waals surface area contributed by atoms with E-state index in [0.717, 1.165) is 18.4 Å². The minimum atomic E-state index is -0.243. The topological polar surface area (TPSA) is 59.0 Å². The van der Waals surface area contributed by atoms with Gasteiger partial charge in [-0.3, -0.25) is 9.59 Å². The second kappa shape index (κ2) is 8.06. The van der Waals surface area contributed by atoms with Crippen molar-refractivity contribution >= 4 is 46.5 Å². The van der Waals surface area contributed by atoms with E-state index in [2.05, 4.69) is 9.89 Å². The number of hydrogen-bond donors (Lipinski definition) is 0. The first-order valence-corrected chi connectivity index (χ1v) is 9.46. The molecule has 2 aliphatic rings. The molecule has 3 rings (SSSR count). The highest BCUT2D eigenvalue weighted by Gasteiger charge is 2.31. The number of amidine groups is 1. The number of hydrogen-bond acceptors (Lipinski definition) is 5. The van der Waals surface area contributed by atoms with Crippen LogP contribution >= 0.6 is 23.4 Å². The van der Waals surface area contributed by atoms with Crippen LogP contribution in [0.3, 0.4) is 0 Å². The number of benzene rings is 1. The molecule has 1 amide bonds. The Morgan fingerprint density at radius 2 is 2.12 bits per heavy atom. The van der Waals surface area contributed by atoms with Gasteiger partial charge in [0.25, 0.3) is 5.91 Å². The van der Waals surface area contributed by atoms with Gasteiger partial charge >= 0.3 is 5.97 Å². The Labute approximate surface area is 156 Å². The lowest BCUT2D eigenvalue weighted by molar-refractivity contribution is -0.149. The molecule has 1 aromatic rings. The Balaban J connectivity index is 1.63. The van der Waals surface area contributed by atoms with Crippen LogP contribution in [0.1, 0.15) is 25.3 Å². The van der Waals surface area contributed by atoms with E-state index in [1.54, 1.807) is 12.1 Å². The lowest BCUT2D eigenvalue weighted by Gasteiger charge is -2.31.